The average molecular weight is 316 g/mol. The fraction of sp³-hybridized carbons (Fsp3) is 0.700. The van der Waals surface area contributed by atoms with Crippen molar-refractivity contribution in [2.45, 2.75) is 59.3 Å². The van der Waals surface area contributed by atoms with E-state index >= 15 is 0 Å². The van der Waals surface area contributed by atoms with Gasteiger partial charge in [0.1, 0.15) is 0 Å². The molecule has 0 heterocycles. The minimum Gasteiger partial charge on any atom is -0.481 e. The van der Waals surface area contributed by atoms with Crippen LogP contribution in [0.15, 0.2) is 24.3 Å². The summed E-state index contributed by atoms with van der Waals surface area (Å²) in [5, 5.41) is 9.82. The van der Waals surface area contributed by atoms with Gasteiger partial charge in [0.2, 0.25) is 0 Å². The summed E-state index contributed by atoms with van der Waals surface area (Å²) in [6.07, 6.45) is 9.09. The lowest BCUT2D eigenvalue weighted by Gasteiger charge is -2.57. The van der Waals surface area contributed by atoms with Gasteiger partial charge in [-0.15, -0.1) is 6.58 Å². The highest BCUT2D eigenvalue weighted by Crippen LogP contribution is 2.63. The molecule has 0 aliphatic heterocycles. The number of carboxylic acids is 1. The third-order valence-electron chi connectivity index (χ3n) is 7.29. The Labute approximate surface area is 138 Å². The molecule has 3 nitrogen and oxygen atoms in total. The highest BCUT2D eigenvalue weighted by Gasteiger charge is 2.58. The van der Waals surface area contributed by atoms with Crippen molar-refractivity contribution < 1.29 is 14.7 Å². The minimum absolute atomic E-state index is 0.129. The highest BCUT2D eigenvalue weighted by molar-refractivity contribution is 5.97. The maximum Gasteiger partial charge on any atom is 0.309 e. The fourth-order valence-electron chi connectivity index (χ4n) is 5.70. The highest BCUT2D eigenvalue weighted by atomic mass is 16.4. The number of allylic oxidation sites excluding steroid dienone is 3. The zero-order chi connectivity index (χ0) is 17.0. The Hall–Kier alpha value is -1.38. The van der Waals surface area contributed by atoms with Crippen LogP contribution < -0.4 is 0 Å². The second kappa shape index (κ2) is 5.06. The van der Waals surface area contributed by atoms with E-state index in [4.69, 9.17) is 0 Å². The lowest BCUT2D eigenvalue weighted by molar-refractivity contribution is -0.160. The lowest BCUT2D eigenvalue weighted by Crippen LogP contribution is -2.53. The van der Waals surface area contributed by atoms with Crippen LogP contribution in [0.3, 0.4) is 0 Å². The summed E-state index contributed by atoms with van der Waals surface area (Å²) >= 11 is 0. The van der Waals surface area contributed by atoms with Gasteiger partial charge in [-0.2, -0.15) is 0 Å². The van der Waals surface area contributed by atoms with Gasteiger partial charge in [0, 0.05) is 5.41 Å². The molecule has 3 rings (SSSR count). The zero-order valence-corrected chi connectivity index (χ0v) is 14.5. The number of ketones is 1. The number of aliphatic carboxylic acids is 1. The van der Waals surface area contributed by atoms with E-state index in [1.54, 1.807) is 6.08 Å². The molecule has 0 aromatic rings. The van der Waals surface area contributed by atoms with E-state index in [9.17, 15) is 14.7 Å². The molecule has 1 N–H and O–H groups in total. The zero-order valence-electron chi connectivity index (χ0n) is 14.5. The molecular formula is C20H28O3. The minimum atomic E-state index is -0.675. The summed E-state index contributed by atoms with van der Waals surface area (Å²) in [6.45, 7) is 9.96. The molecule has 23 heavy (non-hydrogen) atoms. The molecule has 2 saturated carbocycles. The molecule has 0 spiro atoms. The number of hydrogen-bond donors (Lipinski definition) is 1. The van der Waals surface area contributed by atoms with E-state index in [2.05, 4.69) is 13.5 Å². The third-order valence-corrected chi connectivity index (χ3v) is 7.29. The lowest BCUT2D eigenvalue weighted by atomic mass is 9.46. The fourth-order valence-corrected chi connectivity index (χ4v) is 5.70. The first-order chi connectivity index (χ1) is 10.7. The standard InChI is InChI=1S/C20H28O3/c1-5-18(2)12-13-7-8-15-19(3,14(13)11-16(18)21)9-6-10-20(15,4)17(22)23/h5,11,13,15H,1,6-10,12H2,2-4H3,(H,22,23)/t13-,15-,18+,19-,20+/m0/s1. The molecule has 3 aliphatic carbocycles. The number of carbonyl (C=O) groups is 2. The van der Waals surface area contributed by atoms with Crippen LogP contribution in [0.1, 0.15) is 59.3 Å². The number of carbonyl (C=O) groups excluding carboxylic acids is 1. The Kier molecular flexibility index (Phi) is 3.62. The van der Waals surface area contributed by atoms with Gasteiger partial charge in [-0.1, -0.05) is 25.0 Å². The van der Waals surface area contributed by atoms with E-state index in [1.165, 1.54) is 5.57 Å². The van der Waals surface area contributed by atoms with Gasteiger partial charge in [0.05, 0.1) is 5.41 Å². The number of hydrogen-bond acceptors (Lipinski definition) is 2. The Morgan fingerprint density at radius 3 is 2.61 bits per heavy atom. The third kappa shape index (κ3) is 2.15. The smallest absolute Gasteiger partial charge is 0.309 e. The van der Waals surface area contributed by atoms with Crippen molar-refractivity contribution >= 4 is 11.8 Å². The van der Waals surface area contributed by atoms with Crippen molar-refractivity contribution in [2.75, 3.05) is 0 Å². The Morgan fingerprint density at radius 1 is 1.30 bits per heavy atom. The summed E-state index contributed by atoms with van der Waals surface area (Å²) in [7, 11) is 0. The second-order valence-electron chi connectivity index (χ2n) is 8.61. The van der Waals surface area contributed by atoms with Gasteiger partial charge in [-0.3, -0.25) is 9.59 Å². The molecule has 0 amide bonds. The van der Waals surface area contributed by atoms with Crippen LogP contribution in [0.25, 0.3) is 0 Å². The van der Waals surface area contributed by atoms with E-state index in [1.807, 2.05) is 19.9 Å². The molecule has 0 aromatic heterocycles. The average Bonchev–Trinajstić information content (AvgIpc) is 2.49. The quantitative estimate of drug-likeness (QED) is 0.769. The largest absolute Gasteiger partial charge is 0.481 e. The molecule has 0 unspecified atom stereocenters. The maximum absolute atomic E-state index is 12.6. The SMILES string of the molecule is C=C[C@]1(C)C[C@@H]2CC[C@@H]3[C@](C)(C(=O)O)CCC[C@@]3(C)C2=CC1=O. The first-order valence-corrected chi connectivity index (χ1v) is 8.81. The molecule has 3 heteroatoms. The van der Waals surface area contributed by atoms with Gasteiger partial charge >= 0.3 is 5.97 Å². The van der Waals surface area contributed by atoms with Gasteiger partial charge < -0.3 is 5.11 Å². The van der Waals surface area contributed by atoms with Crippen molar-refractivity contribution in [1.29, 1.82) is 0 Å². The first-order valence-electron chi connectivity index (χ1n) is 8.81. The van der Waals surface area contributed by atoms with Crippen molar-refractivity contribution in [3.05, 3.63) is 24.3 Å². The molecule has 0 bridgehead atoms. The van der Waals surface area contributed by atoms with Crippen LogP contribution in [0.4, 0.5) is 0 Å². The van der Waals surface area contributed by atoms with Crippen LogP contribution in [0.5, 0.6) is 0 Å². The molecule has 0 radical (unpaired) electrons. The molecule has 0 aromatic carbocycles. The monoisotopic (exact) mass is 316 g/mol. The van der Waals surface area contributed by atoms with Crippen LogP contribution in [0, 0.1) is 28.1 Å². The maximum atomic E-state index is 12.6. The number of rotatable bonds is 2. The first kappa shape index (κ1) is 16.5. The van der Waals surface area contributed by atoms with Gasteiger partial charge in [-0.05, 0) is 69.3 Å². The summed E-state index contributed by atoms with van der Waals surface area (Å²) in [5.74, 6) is -0.00787. The normalized spacial score (nSPS) is 46.4. The van der Waals surface area contributed by atoms with Crippen molar-refractivity contribution in [1.82, 2.24) is 0 Å². The predicted octanol–water partition coefficient (Wildman–Crippen LogP) is 4.39. The van der Waals surface area contributed by atoms with Crippen LogP contribution in [-0.4, -0.2) is 16.9 Å². The molecule has 5 atom stereocenters. The Balaban J connectivity index is 2.06. The van der Waals surface area contributed by atoms with Gasteiger partial charge in [-0.25, -0.2) is 0 Å². The van der Waals surface area contributed by atoms with Gasteiger partial charge in [0.15, 0.2) is 5.78 Å². The summed E-state index contributed by atoms with van der Waals surface area (Å²) < 4.78 is 0. The van der Waals surface area contributed by atoms with E-state index in [0.29, 0.717) is 5.92 Å². The topological polar surface area (TPSA) is 54.4 Å². The van der Waals surface area contributed by atoms with E-state index < -0.39 is 16.8 Å². The van der Waals surface area contributed by atoms with E-state index in [0.717, 1.165) is 38.5 Å². The second-order valence-corrected chi connectivity index (χ2v) is 8.61. The summed E-state index contributed by atoms with van der Waals surface area (Å²) in [4.78, 5) is 24.6. The van der Waals surface area contributed by atoms with E-state index in [-0.39, 0.29) is 17.1 Å². The summed E-state index contributed by atoms with van der Waals surface area (Å²) in [5.41, 5.74) is -0.0411. The predicted molar refractivity (Wildman–Crippen MR) is 89.9 cm³/mol. The van der Waals surface area contributed by atoms with Crippen molar-refractivity contribution in [2.24, 2.45) is 28.1 Å². The summed E-state index contributed by atoms with van der Waals surface area (Å²) in [6, 6.07) is 0. The van der Waals surface area contributed by atoms with Gasteiger partial charge in [0.25, 0.3) is 0 Å². The number of fused-ring (bicyclic) bond motifs is 3. The molecule has 3 aliphatic rings. The Morgan fingerprint density at radius 2 is 2.00 bits per heavy atom. The van der Waals surface area contributed by atoms with Crippen LogP contribution in [-0.2, 0) is 9.59 Å². The van der Waals surface area contributed by atoms with Crippen LogP contribution >= 0.6 is 0 Å². The molecular weight excluding hydrogens is 288 g/mol. The van der Waals surface area contributed by atoms with Crippen molar-refractivity contribution in [3.8, 4) is 0 Å². The number of carboxylic acid groups (broad SMARTS) is 1. The molecule has 126 valence electrons. The van der Waals surface area contributed by atoms with Crippen molar-refractivity contribution in [3.63, 3.8) is 0 Å². The molecule has 0 saturated heterocycles. The molecule has 2 fully saturated rings. The van der Waals surface area contributed by atoms with Crippen LogP contribution in [0.2, 0.25) is 0 Å². The Bertz CT molecular complexity index is 604.